The van der Waals surface area contributed by atoms with Crippen LogP contribution in [0.3, 0.4) is 0 Å². The van der Waals surface area contributed by atoms with E-state index in [0.717, 1.165) is 36.1 Å². The van der Waals surface area contributed by atoms with Crippen molar-refractivity contribution in [1.29, 1.82) is 0 Å². The topological polar surface area (TPSA) is 115 Å². The van der Waals surface area contributed by atoms with Gasteiger partial charge >= 0.3 is 0 Å². The molecule has 166 valence electrons. The molecule has 0 spiro atoms. The Balaban J connectivity index is 1.32. The molecule has 5 heterocycles. The number of hydrogen-bond acceptors (Lipinski definition) is 9. The van der Waals surface area contributed by atoms with Crippen LogP contribution >= 0.6 is 0 Å². The molecule has 0 bridgehead atoms. The van der Waals surface area contributed by atoms with Crippen molar-refractivity contribution in [3.05, 3.63) is 65.7 Å². The van der Waals surface area contributed by atoms with E-state index in [1.165, 1.54) is 12.0 Å². The zero-order valence-corrected chi connectivity index (χ0v) is 17.8. The number of ether oxygens (including phenoxy) is 1. The van der Waals surface area contributed by atoms with Gasteiger partial charge in [0.1, 0.15) is 13.2 Å². The number of pyridine rings is 1. The number of nitrogens with zero attached hydrogens (tertiary/aromatic N) is 7. The van der Waals surface area contributed by atoms with Crippen LogP contribution < -0.4 is 4.74 Å². The maximum Gasteiger partial charge on any atom is 0.240 e. The van der Waals surface area contributed by atoms with E-state index in [1.807, 2.05) is 36.5 Å². The molecule has 0 aliphatic carbocycles. The van der Waals surface area contributed by atoms with Gasteiger partial charge in [-0.3, -0.25) is 9.88 Å². The Morgan fingerprint density at radius 2 is 1.94 bits per heavy atom. The van der Waals surface area contributed by atoms with Gasteiger partial charge in [-0.1, -0.05) is 29.4 Å². The molecule has 1 fully saturated rings. The molecule has 10 nitrogen and oxygen atoms in total. The highest BCUT2D eigenvalue weighted by Crippen LogP contribution is 2.29. The Morgan fingerprint density at radius 3 is 2.67 bits per heavy atom. The van der Waals surface area contributed by atoms with Crippen molar-refractivity contribution in [2.45, 2.75) is 26.2 Å². The number of rotatable bonds is 7. The van der Waals surface area contributed by atoms with Crippen LogP contribution in [0.4, 0.5) is 0 Å². The largest absolute Gasteiger partial charge is 0.470 e. The number of aromatic nitrogens is 6. The number of likely N-dealkylation sites (tertiary alicyclic amines) is 1. The van der Waals surface area contributed by atoms with Crippen molar-refractivity contribution in [2.75, 3.05) is 13.1 Å². The Hall–Kier alpha value is -3.89. The fraction of sp³-hybridized carbons (Fsp3) is 0.261. The third-order valence-electron chi connectivity index (χ3n) is 5.77. The van der Waals surface area contributed by atoms with E-state index >= 15 is 0 Å². The van der Waals surface area contributed by atoms with E-state index in [2.05, 4.69) is 36.4 Å². The molecule has 6 rings (SSSR count). The zero-order valence-electron chi connectivity index (χ0n) is 17.8. The second-order valence-corrected chi connectivity index (χ2v) is 8.02. The van der Waals surface area contributed by atoms with Gasteiger partial charge in [0.15, 0.2) is 17.1 Å². The van der Waals surface area contributed by atoms with Crippen molar-refractivity contribution in [1.82, 2.24) is 34.9 Å². The summed E-state index contributed by atoms with van der Waals surface area (Å²) in [5.41, 5.74) is 3.03. The number of fused-ring (bicyclic) bond motifs is 3. The third-order valence-corrected chi connectivity index (χ3v) is 5.77. The summed E-state index contributed by atoms with van der Waals surface area (Å²) in [6, 6.07) is 13.4. The summed E-state index contributed by atoms with van der Waals surface area (Å²) >= 11 is 0. The smallest absolute Gasteiger partial charge is 0.240 e. The quantitative estimate of drug-likeness (QED) is 0.405. The van der Waals surface area contributed by atoms with Crippen molar-refractivity contribution >= 4 is 16.4 Å². The molecule has 0 unspecified atom stereocenters. The molecule has 0 saturated carbocycles. The SMILES string of the molecule is OCc1cc(-c2nnc3c4ccccc4c(OCc4ccc(CN5CCC5)cn4)nn23)no1. The standard InChI is InChI=1S/C23H21N7O3/c31-13-17-10-20(28-33-17)22-26-25-21-18-4-1-2-5-19(18)23(27-30(21)22)32-14-16-7-6-15(11-24-16)12-29-8-3-9-29/h1-2,4-7,10-11,31H,3,8-9,12-14H2. The summed E-state index contributed by atoms with van der Waals surface area (Å²) in [4.78, 5) is 6.95. The van der Waals surface area contributed by atoms with Gasteiger partial charge < -0.3 is 14.4 Å². The second-order valence-electron chi connectivity index (χ2n) is 8.02. The molecule has 4 aromatic heterocycles. The van der Waals surface area contributed by atoms with Crippen molar-refractivity contribution in [3.63, 3.8) is 0 Å². The molecule has 1 aromatic carbocycles. The minimum absolute atomic E-state index is 0.252. The van der Waals surface area contributed by atoms with Crippen LogP contribution in [0.2, 0.25) is 0 Å². The second kappa shape index (κ2) is 8.23. The summed E-state index contributed by atoms with van der Waals surface area (Å²) in [5, 5.41) is 28.1. The zero-order chi connectivity index (χ0) is 22.2. The monoisotopic (exact) mass is 443 g/mol. The van der Waals surface area contributed by atoms with Gasteiger partial charge in [-0.05, 0) is 37.2 Å². The van der Waals surface area contributed by atoms with E-state index in [-0.39, 0.29) is 13.2 Å². The van der Waals surface area contributed by atoms with E-state index < -0.39 is 0 Å². The summed E-state index contributed by atoms with van der Waals surface area (Å²) in [7, 11) is 0. The van der Waals surface area contributed by atoms with Gasteiger partial charge in [-0.25, -0.2) is 0 Å². The molecule has 0 atom stereocenters. The highest BCUT2D eigenvalue weighted by Gasteiger charge is 2.19. The van der Waals surface area contributed by atoms with Crippen LogP contribution in [-0.4, -0.2) is 53.0 Å². The molecular weight excluding hydrogens is 422 g/mol. The van der Waals surface area contributed by atoms with E-state index in [4.69, 9.17) is 9.26 Å². The van der Waals surface area contributed by atoms with Gasteiger partial charge in [0, 0.05) is 29.6 Å². The van der Waals surface area contributed by atoms with Crippen molar-refractivity contribution in [3.8, 4) is 17.4 Å². The van der Waals surface area contributed by atoms with E-state index in [1.54, 1.807) is 10.6 Å². The number of aliphatic hydroxyl groups is 1. The predicted octanol–water partition coefficient (Wildman–Crippen LogP) is 2.60. The number of benzene rings is 1. The first-order valence-corrected chi connectivity index (χ1v) is 10.8. The van der Waals surface area contributed by atoms with E-state index in [0.29, 0.717) is 28.8 Å². The first-order valence-electron chi connectivity index (χ1n) is 10.8. The fourth-order valence-corrected chi connectivity index (χ4v) is 3.89. The van der Waals surface area contributed by atoms with Crippen LogP contribution in [0.5, 0.6) is 5.88 Å². The first kappa shape index (κ1) is 19.8. The average molecular weight is 443 g/mol. The predicted molar refractivity (Wildman–Crippen MR) is 118 cm³/mol. The molecule has 1 saturated heterocycles. The highest BCUT2D eigenvalue weighted by molar-refractivity contribution is 5.96. The lowest BCUT2D eigenvalue weighted by atomic mass is 10.1. The molecule has 1 aliphatic heterocycles. The molecular formula is C23H21N7O3. The molecule has 5 aromatic rings. The highest BCUT2D eigenvalue weighted by atomic mass is 16.5. The summed E-state index contributed by atoms with van der Waals surface area (Å²) < 4.78 is 12.8. The van der Waals surface area contributed by atoms with Gasteiger partial charge in [0.25, 0.3) is 0 Å². The normalized spacial score (nSPS) is 14.1. The average Bonchev–Trinajstić information content (AvgIpc) is 3.47. The maximum atomic E-state index is 9.28. The van der Waals surface area contributed by atoms with E-state index in [9.17, 15) is 5.11 Å². The molecule has 1 N–H and O–H groups in total. The molecule has 0 amide bonds. The summed E-state index contributed by atoms with van der Waals surface area (Å²) in [6.07, 6.45) is 3.19. The minimum atomic E-state index is -0.252. The summed E-state index contributed by atoms with van der Waals surface area (Å²) in [6.45, 7) is 3.29. The van der Waals surface area contributed by atoms with Crippen LogP contribution in [0, 0.1) is 0 Å². The number of aliphatic hydroxyl groups excluding tert-OH is 1. The van der Waals surface area contributed by atoms with Gasteiger partial charge in [0.2, 0.25) is 11.7 Å². The molecule has 1 aliphatic rings. The van der Waals surface area contributed by atoms with Crippen LogP contribution in [0.15, 0.2) is 53.2 Å². The van der Waals surface area contributed by atoms with Crippen LogP contribution in [-0.2, 0) is 19.8 Å². The lowest BCUT2D eigenvalue weighted by Gasteiger charge is -2.30. The first-order chi connectivity index (χ1) is 16.3. The van der Waals surface area contributed by atoms with Gasteiger partial charge in [-0.15, -0.1) is 15.3 Å². The third kappa shape index (κ3) is 3.69. The lowest BCUT2D eigenvalue weighted by molar-refractivity contribution is 0.172. The molecule has 0 radical (unpaired) electrons. The Kier molecular flexibility index (Phi) is 4.93. The minimum Gasteiger partial charge on any atom is -0.470 e. The Labute approximate surface area is 188 Å². The molecule has 33 heavy (non-hydrogen) atoms. The maximum absolute atomic E-state index is 9.28. The number of hydrogen-bond donors (Lipinski definition) is 1. The molecule has 10 heteroatoms. The lowest BCUT2D eigenvalue weighted by Crippen LogP contribution is -2.36. The summed E-state index contributed by atoms with van der Waals surface area (Å²) in [5.74, 6) is 1.18. The fourth-order valence-electron chi connectivity index (χ4n) is 3.89. The van der Waals surface area contributed by atoms with Gasteiger partial charge in [-0.2, -0.15) is 4.52 Å². The Bertz CT molecular complexity index is 1420. The Morgan fingerprint density at radius 1 is 1.06 bits per heavy atom. The van der Waals surface area contributed by atoms with Gasteiger partial charge in [0.05, 0.1) is 5.69 Å². The van der Waals surface area contributed by atoms with Crippen molar-refractivity contribution in [2.24, 2.45) is 0 Å². The van der Waals surface area contributed by atoms with Crippen molar-refractivity contribution < 1.29 is 14.4 Å². The van der Waals surface area contributed by atoms with Crippen LogP contribution in [0.25, 0.3) is 27.9 Å². The van der Waals surface area contributed by atoms with Crippen LogP contribution in [0.1, 0.15) is 23.4 Å².